The molecule has 4 aliphatic carbocycles. The summed E-state index contributed by atoms with van der Waals surface area (Å²) in [4.78, 5) is 34.4. The van der Waals surface area contributed by atoms with E-state index in [1.165, 1.54) is 0 Å². The smallest absolute Gasteiger partial charge is 0.355 e. The Morgan fingerprint density at radius 2 is 1.67 bits per heavy atom. The molecule has 14 heteroatoms. The third-order valence-corrected chi connectivity index (χ3v) is 9.52. The monoisotopic (exact) mass is 603 g/mol. The first-order valence-corrected chi connectivity index (χ1v) is 14.4. The third kappa shape index (κ3) is 5.95. The van der Waals surface area contributed by atoms with E-state index in [0.717, 1.165) is 12.8 Å². The van der Waals surface area contributed by atoms with Crippen molar-refractivity contribution in [3.63, 3.8) is 0 Å². The normalized spacial score (nSPS) is 27.2. The SMILES string of the molecule is O=C(NCc1ccn2cc(C3(CNC(=O)[C@H]4C[C@@H]4C(F)(F)F)CCC(F)(F)CC3)nc2n1)[C@H](C1CC1)C1CC(F)(F)C1. The van der Waals surface area contributed by atoms with Gasteiger partial charge in [0.2, 0.25) is 29.4 Å². The lowest BCUT2D eigenvalue weighted by molar-refractivity contribution is -0.155. The Labute approximate surface area is 237 Å². The second-order valence-electron chi connectivity index (χ2n) is 12.7. The van der Waals surface area contributed by atoms with E-state index in [9.17, 15) is 40.3 Å². The molecular formula is C28H32F7N5O2. The van der Waals surface area contributed by atoms with Crippen molar-refractivity contribution in [2.24, 2.45) is 29.6 Å². The Kier molecular flexibility index (Phi) is 6.99. The molecule has 0 spiro atoms. The summed E-state index contributed by atoms with van der Waals surface area (Å²) in [5.74, 6) is -9.90. The van der Waals surface area contributed by atoms with Crippen molar-refractivity contribution in [1.82, 2.24) is 25.0 Å². The predicted molar refractivity (Wildman–Crippen MR) is 134 cm³/mol. The predicted octanol–water partition coefficient (Wildman–Crippen LogP) is 5.18. The fourth-order valence-electron chi connectivity index (χ4n) is 6.64. The summed E-state index contributed by atoms with van der Waals surface area (Å²) in [7, 11) is 0. The molecule has 2 aromatic rings. The van der Waals surface area contributed by atoms with Crippen LogP contribution in [0.2, 0.25) is 0 Å². The number of nitrogens with zero attached hydrogens (tertiary/aromatic N) is 3. The number of nitrogens with one attached hydrogen (secondary N) is 2. The number of imidazole rings is 1. The summed E-state index contributed by atoms with van der Waals surface area (Å²) in [6.45, 7) is -0.0718. The zero-order chi connectivity index (χ0) is 30.1. The van der Waals surface area contributed by atoms with Crippen LogP contribution in [-0.2, 0) is 21.5 Å². The van der Waals surface area contributed by atoms with Crippen molar-refractivity contribution < 1.29 is 40.3 Å². The Balaban J connectivity index is 1.14. The molecular weight excluding hydrogens is 571 g/mol. The van der Waals surface area contributed by atoms with E-state index in [1.807, 2.05) is 0 Å². The molecule has 4 aliphatic rings. The highest BCUT2D eigenvalue weighted by Crippen LogP contribution is 2.53. The molecule has 3 atom stereocenters. The van der Waals surface area contributed by atoms with Crippen LogP contribution in [-0.4, -0.2) is 50.7 Å². The van der Waals surface area contributed by atoms with Crippen LogP contribution in [0.4, 0.5) is 30.7 Å². The molecule has 0 radical (unpaired) electrons. The molecule has 230 valence electrons. The van der Waals surface area contributed by atoms with Gasteiger partial charge in [-0.05, 0) is 50.0 Å². The lowest BCUT2D eigenvalue weighted by Crippen LogP contribution is -2.46. The molecule has 7 nitrogen and oxygen atoms in total. The number of carbonyl (C=O) groups is 2. The van der Waals surface area contributed by atoms with E-state index in [-0.39, 0.29) is 68.7 Å². The summed E-state index contributed by atoms with van der Waals surface area (Å²) in [6, 6.07) is 1.65. The van der Waals surface area contributed by atoms with Gasteiger partial charge in [0.05, 0.1) is 29.8 Å². The molecule has 4 saturated carbocycles. The number of hydrogen-bond donors (Lipinski definition) is 2. The maximum Gasteiger partial charge on any atom is 0.392 e. The van der Waals surface area contributed by atoms with E-state index < -0.39 is 59.9 Å². The molecule has 0 bridgehead atoms. The number of carbonyl (C=O) groups excluding carboxylic acids is 2. The first kappa shape index (κ1) is 29.2. The van der Waals surface area contributed by atoms with Gasteiger partial charge in [0, 0.05) is 56.0 Å². The van der Waals surface area contributed by atoms with Crippen LogP contribution in [0.25, 0.3) is 5.78 Å². The summed E-state index contributed by atoms with van der Waals surface area (Å²) in [5, 5.41) is 5.39. The molecule has 42 heavy (non-hydrogen) atoms. The highest BCUT2D eigenvalue weighted by molar-refractivity contribution is 5.82. The molecule has 0 aromatic carbocycles. The second-order valence-corrected chi connectivity index (χ2v) is 12.7. The van der Waals surface area contributed by atoms with Crippen LogP contribution in [0.3, 0.4) is 0 Å². The molecule has 6 rings (SSSR count). The van der Waals surface area contributed by atoms with Gasteiger partial charge in [-0.25, -0.2) is 27.5 Å². The number of alkyl halides is 7. The first-order chi connectivity index (χ1) is 19.6. The van der Waals surface area contributed by atoms with E-state index in [0.29, 0.717) is 11.4 Å². The number of fused-ring (bicyclic) bond motifs is 1. The largest absolute Gasteiger partial charge is 0.392 e. The van der Waals surface area contributed by atoms with E-state index in [2.05, 4.69) is 20.6 Å². The lowest BCUT2D eigenvalue weighted by atomic mass is 9.70. The zero-order valence-electron chi connectivity index (χ0n) is 22.7. The van der Waals surface area contributed by atoms with E-state index in [4.69, 9.17) is 0 Å². The fourth-order valence-corrected chi connectivity index (χ4v) is 6.64. The van der Waals surface area contributed by atoms with Gasteiger partial charge in [0.1, 0.15) is 0 Å². The Morgan fingerprint density at radius 1 is 0.976 bits per heavy atom. The average molecular weight is 604 g/mol. The van der Waals surface area contributed by atoms with Crippen molar-refractivity contribution in [3.8, 4) is 0 Å². The van der Waals surface area contributed by atoms with Crippen molar-refractivity contribution in [1.29, 1.82) is 0 Å². The van der Waals surface area contributed by atoms with Gasteiger partial charge < -0.3 is 10.6 Å². The lowest BCUT2D eigenvalue weighted by Gasteiger charge is -2.39. The zero-order valence-corrected chi connectivity index (χ0v) is 22.7. The van der Waals surface area contributed by atoms with Crippen molar-refractivity contribution in [2.75, 3.05) is 6.54 Å². The van der Waals surface area contributed by atoms with E-state index in [1.54, 1.807) is 22.9 Å². The molecule has 0 saturated heterocycles. The number of amides is 2. The molecule has 2 amide bonds. The third-order valence-electron chi connectivity index (χ3n) is 9.52. The molecule has 0 aliphatic heterocycles. The van der Waals surface area contributed by atoms with Gasteiger partial charge in [-0.1, -0.05) is 0 Å². The molecule has 0 unspecified atom stereocenters. The Hall–Kier alpha value is -2.93. The minimum atomic E-state index is -4.46. The maximum atomic E-state index is 14.1. The van der Waals surface area contributed by atoms with E-state index >= 15 is 0 Å². The molecule has 2 aromatic heterocycles. The fraction of sp³-hybridized carbons (Fsp3) is 0.714. The summed E-state index contributed by atoms with van der Waals surface area (Å²) in [6.07, 6.45) is -1.29. The molecule has 2 N–H and O–H groups in total. The van der Waals surface area contributed by atoms with Gasteiger partial charge in [-0.15, -0.1) is 0 Å². The average Bonchev–Trinajstić information content (AvgIpc) is 3.82. The van der Waals surface area contributed by atoms with Gasteiger partial charge in [-0.3, -0.25) is 14.0 Å². The number of aromatic nitrogens is 3. The van der Waals surface area contributed by atoms with Gasteiger partial charge >= 0.3 is 6.18 Å². The Morgan fingerprint density at radius 3 is 2.26 bits per heavy atom. The highest BCUT2D eigenvalue weighted by atomic mass is 19.4. The Bertz CT molecular complexity index is 1350. The van der Waals surface area contributed by atoms with Crippen LogP contribution < -0.4 is 10.6 Å². The van der Waals surface area contributed by atoms with Crippen LogP contribution in [0.15, 0.2) is 18.5 Å². The van der Waals surface area contributed by atoms with Crippen molar-refractivity contribution >= 4 is 17.6 Å². The topological polar surface area (TPSA) is 88.4 Å². The quantitative estimate of drug-likeness (QED) is 0.387. The number of rotatable bonds is 9. The van der Waals surface area contributed by atoms with Crippen LogP contribution in [0, 0.1) is 29.6 Å². The number of halogens is 7. The van der Waals surface area contributed by atoms with Gasteiger partial charge in [-0.2, -0.15) is 13.2 Å². The van der Waals surface area contributed by atoms with Crippen LogP contribution >= 0.6 is 0 Å². The summed E-state index contributed by atoms with van der Waals surface area (Å²) >= 11 is 0. The molecule has 4 fully saturated rings. The van der Waals surface area contributed by atoms with Crippen LogP contribution in [0.5, 0.6) is 0 Å². The number of hydrogen-bond acceptors (Lipinski definition) is 4. The first-order valence-electron chi connectivity index (χ1n) is 14.4. The maximum absolute atomic E-state index is 14.1. The standard InChI is InChI=1S/C28H32F7N5O2/c29-26(30)6-4-25(5-7-26,14-37-22(41)18-9-19(18)28(33,34)35)20-13-40-8-3-17(38-24(40)39-20)12-36-23(42)21(15-1-2-15)16-10-27(31,32)11-16/h3,8,13,15-16,18-19,21H,1-2,4-7,9-12,14H2,(H,36,42)(H,37,41)/t18-,19-,21+/m0/s1. The minimum absolute atomic E-state index is 0.0246. The summed E-state index contributed by atoms with van der Waals surface area (Å²) in [5.41, 5.74) is -0.148. The van der Waals surface area contributed by atoms with Crippen LogP contribution in [0.1, 0.15) is 69.2 Å². The molecule has 2 heterocycles. The van der Waals surface area contributed by atoms with Crippen molar-refractivity contribution in [3.05, 3.63) is 29.8 Å². The highest BCUT2D eigenvalue weighted by Gasteiger charge is 2.59. The minimum Gasteiger partial charge on any atom is -0.355 e. The van der Waals surface area contributed by atoms with Gasteiger partial charge in [0.25, 0.3) is 0 Å². The second kappa shape index (κ2) is 10.1. The summed E-state index contributed by atoms with van der Waals surface area (Å²) < 4.78 is 95.5. The van der Waals surface area contributed by atoms with Gasteiger partial charge in [0.15, 0.2) is 0 Å². The van der Waals surface area contributed by atoms with Crippen molar-refractivity contribution in [2.45, 2.75) is 87.8 Å².